The van der Waals surface area contributed by atoms with Crippen LogP contribution in [0, 0.1) is 0 Å². The highest BCUT2D eigenvalue weighted by Crippen LogP contribution is 2.32. The van der Waals surface area contributed by atoms with E-state index in [-0.39, 0.29) is 18.2 Å². The van der Waals surface area contributed by atoms with Crippen molar-refractivity contribution in [3.05, 3.63) is 42.0 Å². The van der Waals surface area contributed by atoms with Gasteiger partial charge in [0.2, 0.25) is 5.91 Å². The number of ether oxygens (including phenoxy) is 2. The van der Waals surface area contributed by atoms with Crippen LogP contribution in [0.15, 0.2) is 36.4 Å². The summed E-state index contributed by atoms with van der Waals surface area (Å²) in [6.07, 6.45) is -0.741. The Labute approximate surface area is 155 Å². The largest absolute Gasteiger partial charge is 0.477 e. The molecule has 27 heavy (non-hydrogen) atoms. The van der Waals surface area contributed by atoms with E-state index < -0.39 is 23.9 Å². The normalized spacial score (nSPS) is 15.6. The van der Waals surface area contributed by atoms with Crippen LogP contribution in [0.4, 0.5) is 17.3 Å². The summed E-state index contributed by atoms with van der Waals surface area (Å²) in [5, 5.41) is 2.67. The van der Waals surface area contributed by atoms with Gasteiger partial charge in [-0.2, -0.15) is 0 Å². The van der Waals surface area contributed by atoms with Gasteiger partial charge < -0.3 is 20.5 Å². The maximum atomic E-state index is 12.4. The Hall–Kier alpha value is -3.62. The molecule has 1 aromatic heterocycles. The molecule has 1 aromatic carbocycles. The maximum absolute atomic E-state index is 12.4. The van der Waals surface area contributed by atoms with Crippen LogP contribution in [-0.2, 0) is 14.3 Å². The molecule has 1 aliphatic rings. The molecule has 1 aliphatic heterocycles. The van der Waals surface area contributed by atoms with Crippen molar-refractivity contribution in [2.24, 2.45) is 0 Å². The second-order valence-corrected chi connectivity index (χ2v) is 5.86. The molecule has 2 amide bonds. The van der Waals surface area contributed by atoms with E-state index in [2.05, 4.69) is 15.0 Å². The first-order valence-corrected chi connectivity index (χ1v) is 8.12. The molecule has 0 saturated carbocycles. The van der Waals surface area contributed by atoms with Gasteiger partial charge in [-0.25, -0.2) is 9.78 Å². The van der Waals surface area contributed by atoms with Crippen LogP contribution >= 0.6 is 0 Å². The van der Waals surface area contributed by atoms with Crippen molar-refractivity contribution in [3.8, 4) is 5.75 Å². The first-order valence-electron chi connectivity index (χ1n) is 8.12. The molecule has 0 aliphatic carbocycles. The van der Waals surface area contributed by atoms with Gasteiger partial charge in [-0.3, -0.25) is 14.5 Å². The summed E-state index contributed by atoms with van der Waals surface area (Å²) in [6, 6.07) is 9.36. The number of nitrogen functional groups attached to an aromatic ring is 1. The fourth-order valence-electron chi connectivity index (χ4n) is 2.60. The number of carbonyl (C=O) groups is 3. The molecule has 3 N–H and O–H groups in total. The van der Waals surface area contributed by atoms with Crippen LogP contribution in [-0.4, -0.2) is 42.5 Å². The number of rotatable bonds is 4. The summed E-state index contributed by atoms with van der Waals surface area (Å²) < 4.78 is 10.1. The Morgan fingerprint density at radius 1 is 1.26 bits per heavy atom. The zero-order valence-corrected chi connectivity index (χ0v) is 14.8. The molecule has 0 radical (unpaired) electrons. The summed E-state index contributed by atoms with van der Waals surface area (Å²) in [5.74, 6) is -0.499. The Bertz CT molecular complexity index is 897. The van der Waals surface area contributed by atoms with Crippen molar-refractivity contribution < 1.29 is 23.9 Å². The lowest BCUT2D eigenvalue weighted by atomic mass is 10.2. The summed E-state index contributed by atoms with van der Waals surface area (Å²) in [6.45, 7) is 1.34. The van der Waals surface area contributed by atoms with E-state index in [0.717, 1.165) is 0 Å². The monoisotopic (exact) mass is 370 g/mol. The highest BCUT2D eigenvalue weighted by atomic mass is 16.5. The fourth-order valence-corrected chi connectivity index (χ4v) is 2.60. The van der Waals surface area contributed by atoms with Crippen LogP contribution in [0.1, 0.15) is 17.3 Å². The lowest BCUT2D eigenvalue weighted by Gasteiger charge is -2.31. The van der Waals surface area contributed by atoms with E-state index in [9.17, 15) is 14.4 Å². The molecule has 0 spiro atoms. The number of nitrogens with one attached hydrogen (secondary N) is 1. The predicted molar refractivity (Wildman–Crippen MR) is 97.5 cm³/mol. The van der Waals surface area contributed by atoms with Gasteiger partial charge in [0.15, 0.2) is 17.7 Å². The number of nitrogens with zero attached hydrogens (tertiary/aromatic N) is 2. The molecule has 0 bridgehead atoms. The summed E-state index contributed by atoms with van der Waals surface area (Å²) >= 11 is 0. The Morgan fingerprint density at radius 2 is 1.96 bits per heavy atom. The predicted octanol–water partition coefficient (Wildman–Crippen LogP) is 1.20. The number of hydrogen-bond acceptors (Lipinski definition) is 7. The molecule has 1 unspecified atom stereocenters. The van der Waals surface area contributed by atoms with E-state index >= 15 is 0 Å². The molecule has 2 aromatic rings. The average Bonchev–Trinajstić information content (AvgIpc) is 2.66. The van der Waals surface area contributed by atoms with Crippen molar-refractivity contribution in [2.45, 2.75) is 13.0 Å². The van der Waals surface area contributed by atoms with Crippen molar-refractivity contribution in [1.29, 1.82) is 0 Å². The molecule has 0 fully saturated rings. The fraction of sp³-hybridized carbons (Fsp3) is 0.222. The molecule has 140 valence electrons. The maximum Gasteiger partial charge on any atom is 0.337 e. The van der Waals surface area contributed by atoms with Gasteiger partial charge in [0, 0.05) is 5.69 Å². The number of nitrogens with two attached hydrogens (primary N) is 1. The quantitative estimate of drug-likeness (QED) is 0.775. The van der Waals surface area contributed by atoms with Gasteiger partial charge in [0.25, 0.3) is 5.91 Å². The minimum absolute atomic E-state index is 0.203. The summed E-state index contributed by atoms with van der Waals surface area (Å²) in [7, 11) is 1.29. The van der Waals surface area contributed by atoms with Crippen molar-refractivity contribution in [3.63, 3.8) is 0 Å². The van der Waals surface area contributed by atoms with Gasteiger partial charge in [0.05, 0.1) is 12.7 Å². The Balaban J connectivity index is 1.74. The number of amides is 2. The second kappa shape index (κ2) is 7.32. The van der Waals surface area contributed by atoms with E-state index in [1.165, 1.54) is 24.1 Å². The summed E-state index contributed by atoms with van der Waals surface area (Å²) in [4.78, 5) is 41.6. The van der Waals surface area contributed by atoms with Crippen LogP contribution in [0.5, 0.6) is 5.75 Å². The average molecular weight is 370 g/mol. The molecule has 2 heterocycles. The first kappa shape index (κ1) is 18.2. The molecule has 9 nitrogen and oxygen atoms in total. The number of anilines is 3. The van der Waals surface area contributed by atoms with E-state index in [4.69, 9.17) is 10.5 Å². The minimum atomic E-state index is -0.741. The molecule has 9 heteroatoms. The number of aromatic nitrogens is 1. The van der Waals surface area contributed by atoms with E-state index in [1.54, 1.807) is 31.2 Å². The third-order valence-electron chi connectivity index (χ3n) is 3.93. The number of hydrogen-bond donors (Lipinski definition) is 2. The SMILES string of the molecule is COC(=O)c1ccc(NC(=O)CN2C(=O)C(C)Oc3ccc(N)nc32)cc1. The lowest BCUT2D eigenvalue weighted by molar-refractivity contribution is -0.127. The van der Waals surface area contributed by atoms with Crippen LogP contribution < -0.4 is 20.7 Å². The van der Waals surface area contributed by atoms with Gasteiger partial charge in [-0.1, -0.05) is 0 Å². The number of methoxy groups -OCH3 is 1. The first-order chi connectivity index (χ1) is 12.9. The molecule has 3 rings (SSSR count). The van der Waals surface area contributed by atoms with Gasteiger partial charge in [0.1, 0.15) is 12.4 Å². The smallest absolute Gasteiger partial charge is 0.337 e. The molecule has 0 saturated heterocycles. The Kier molecular flexibility index (Phi) is 4.93. The van der Waals surface area contributed by atoms with Gasteiger partial charge >= 0.3 is 5.97 Å². The second-order valence-electron chi connectivity index (χ2n) is 5.86. The Morgan fingerprint density at radius 3 is 2.63 bits per heavy atom. The molecule has 1 atom stereocenters. The third kappa shape index (κ3) is 3.81. The highest BCUT2D eigenvalue weighted by molar-refractivity contribution is 6.05. The number of pyridine rings is 1. The van der Waals surface area contributed by atoms with Gasteiger partial charge in [-0.05, 0) is 43.3 Å². The molecular formula is C18H18N4O5. The number of fused-ring (bicyclic) bond motifs is 1. The lowest BCUT2D eigenvalue weighted by Crippen LogP contribution is -2.48. The van der Waals surface area contributed by atoms with Crippen LogP contribution in [0.2, 0.25) is 0 Å². The minimum Gasteiger partial charge on any atom is -0.477 e. The van der Waals surface area contributed by atoms with E-state index in [1.807, 2.05) is 0 Å². The third-order valence-corrected chi connectivity index (χ3v) is 3.93. The zero-order chi connectivity index (χ0) is 19.6. The standard InChI is InChI=1S/C18H18N4O5/c1-10-17(24)22(16-13(27-10)7-8-14(19)21-16)9-15(23)20-12-5-3-11(4-6-12)18(25)26-2/h3-8,10H,9H2,1-2H3,(H2,19,21)(H,20,23). The number of carbonyl (C=O) groups excluding carboxylic acids is 3. The molecular weight excluding hydrogens is 352 g/mol. The van der Waals surface area contributed by atoms with Crippen molar-refractivity contribution >= 4 is 35.1 Å². The van der Waals surface area contributed by atoms with Crippen molar-refractivity contribution in [1.82, 2.24) is 4.98 Å². The van der Waals surface area contributed by atoms with Crippen molar-refractivity contribution in [2.75, 3.05) is 29.6 Å². The topological polar surface area (TPSA) is 124 Å². The number of esters is 1. The zero-order valence-electron chi connectivity index (χ0n) is 14.8. The van der Waals surface area contributed by atoms with Crippen LogP contribution in [0.25, 0.3) is 0 Å². The van der Waals surface area contributed by atoms with E-state index in [0.29, 0.717) is 17.0 Å². The number of benzene rings is 1. The van der Waals surface area contributed by atoms with Gasteiger partial charge in [-0.15, -0.1) is 0 Å². The highest BCUT2D eigenvalue weighted by Gasteiger charge is 2.34. The van der Waals surface area contributed by atoms with Crippen LogP contribution in [0.3, 0.4) is 0 Å². The summed E-state index contributed by atoms with van der Waals surface area (Å²) in [5.41, 5.74) is 6.52.